The van der Waals surface area contributed by atoms with E-state index in [4.69, 9.17) is 0 Å². The van der Waals surface area contributed by atoms with Crippen LogP contribution in [0, 0.1) is 0 Å². The first-order chi connectivity index (χ1) is 14.7. The van der Waals surface area contributed by atoms with E-state index in [1.165, 1.54) is 55.3 Å². The van der Waals surface area contributed by atoms with Gasteiger partial charge in [-0.15, -0.1) is 11.8 Å². The molecule has 1 aliphatic rings. The fourth-order valence-electron chi connectivity index (χ4n) is 3.00. The fraction of sp³-hybridized carbons (Fsp3) is 0.286. The van der Waals surface area contributed by atoms with Crippen LogP contribution in [0.4, 0.5) is 11.4 Å². The number of methoxy groups -OCH3 is 1. The molecule has 0 fully saturated rings. The van der Waals surface area contributed by atoms with Gasteiger partial charge in [-0.1, -0.05) is 6.92 Å². The molecule has 1 aliphatic heterocycles. The number of fused-ring (bicyclic) bond motifs is 1. The Labute approximate surface area is 184 Å². The summed E-state index contributed by atoms with van der Waals surface area (Å²) in [5, 5.41) is 5.44. The number of hydrogen-bond donors (Lipinski definition) is 2. The molecule has 10 heteroatoms. The van der Waals surface area contributed by atoms with Crippen LogP contribution in [-0.2, 0) is 24.2 Å². The largest absolute Gasteiger partial charge is 0.465 e. The summed E-state index contributed by atoms with van der Waals surface area (Å²) in [5.41, 5.74) is 1.25. The number of ether oxygens (including phenoxy) is 1. The molecule has 0 radical (unpaired) electrons. The van der Waals surface area contributed by atoms with Crippen LogP contribution in [-0.4, -0.2) is 44.3 Å². The molecule has 164 valence electrons. The Morgan fingerprint density at radius 1 is 1.19 bits per heavy atom. The zero-order valence-electron chi connectivity index (χ0n) is 17.0. The molecule has 0 aromatic heterocycles. The average molecular weight is 463 g/mol. The van der Waals surface area contributed by atoms with Gasteiger partial charge in [0.25, 0.3) is 0 Å². The van der Waals surface area contributed by atoms with Crippen LogP contribution in [0.2, 0.25) is 0 Å². The van der Waals surface area contributed by atoms with Gasteiger partial charge in [0.2, 0.25) is 11.8 Å². The maximum atomic E-state index is 12.7. The number of esters is 1. The van der Waals surface area contributed by atoms with Gasteiger partial charge < -0.3 is 15.4 Å². The van der Waals surface area contributed by atoms with Gasteiger partial charge in [-0.25, -0.2) is 13.2 Å². The highest BCUT2D eigenvalue weighted by molar-refractivity contribution is 8.00. The Morgan fingerprint density at radius 2 is 1.90 bits per heavy atom. The van der Waals surface area contributed by atoms with Crippen molar-refractivity contribution < 1.29 is 27.5 Å². The van der Waals surface area contributed by atoms with Gasteiger partial charge in [0, 0.05) is 28.7 Å². The third kappa shape index (κ3) is 5.86. The quantitative estimate of drug-likeness (QED) is 0.633. The lowest BCUT2D eigenvalue weighted by atomic mass is 10.2. The average Bonchev–Trinajstić information content (AvgIpc) is 2.87. The Hall–Kier alpha value is -2.85. The minimum absolute atomic E-state index is 0.0527. The molecule has 0 bridgehead atoms. The van der Waals surface area contributed by atoms with E-state index in [1.54, 1.807) is 6.07 Å². The van der Waals surface area contributed by atoms with E-state index in [0.717, 1.165) is 4.90 Å². The van der Waals surface area contributed by atoms with E-state index in [2.05, 4.69) is 15.4 Å². The normalized spacial score (nSPS) is 15.9. The second kappa shape index (κ2) is 9.52. The molecule has 0 saturated carbocycles. The van der Waals surface area contributed by atoms with Crippen molar-refractivity contribution in [1.82, 2.24) is 0 Å². The zero-order chi connectivity index (χ0) is 22.6. The number of benzene rings is 2. The first-order valence-electron chi connectivity index (χ1n) is 9.49. The molecule has 1 atom stereocenters. The lowest BCUT2D eigenvalue weighted by Crippen LogP contribution is -2.18. The van der Waals surface area contributed by atoms with E-state index in [9.17, 15) is 22.8 Å². The summed E-state index contributed by atoms with van der Waals surface area (Å²) < 4.78 is 30.0. The van der Waals surface area contributed by atoms with Crippen molar-refractivity contribution in [3.8, 4) is 0 Å². The van der Waals surface area contributed by atoms with Crippen LogP contribution in [0.25, 0.3) is 0 Å². The molecule has 0 saturated heterocycles. The van der Waals surface area contributed by atoms with E-state index >= 15 is 0 Å². The minimum atomic E-state index is -3.73. The van der Waals surface area contributed by atoms with Crippen LogP contribution in [0.3, 0.4) is 0 Å². The van der Waals surface area contributed by atoms with E-state index in [0.29, 0.717) is 23.4 Å². The van der Waals surface area contributed by atoms with Crippen molar-refractivity contribution in [3.05, 3.63) is 48.0 Å². The third-order valence-electron chi connectivity index (χ3n) is 4.57. The van der Waals surface area contributed by atoms with Gasteiger partial charge >= 0.3 is 5.97 Å². The SMILES string of the molecule is COC(=O)c1ccc(NC(=O)CCS(=O)(=O)c2ccc3c(c2)NC(=O)C[C@@H](C)S3)cc1. The lowest BCUT2D eigenvalue weighted by Gasteiger charge is -2.11. The lowest BCUT2D eigenvalue weighted by molar-refractivity contribution is -0.116. The zero-order valence-corrected chi connectivity index (χ0v) is 18.6. The van der Waals surface area contributed by atoms with E-state index in [-0.39, 0.29) is 28.2 Å². The Kier molecular flexibility index (Phi) is 7.01. The van der Waals surface area contributed by atoms with Crippen molar-refractivity contribution >= 4 is 50.8 Å². The summed E-state index contributed by atoms with van der Waals surface area (Å²) in [5.74, 6) is -1.50. The molecule has 0 aliphatic carbocycles. The molecule has 2 amide bonds. The van der Waals surface area contributed by atoms with Gasteiger partial charge in [0.15, 0.2) is 9.84 Å². The second-order valence-electron chi connectivity index (χ2n) is 7.02. The molecule has 2 aromatic carbocycles. The third-order valence-corrected chi connectivity index (χ3v) is 7.47. The van der Waals surface area contributed by atoms with Crippen molar-refractivity contribution in [2.75, 3.05) is 23.5 Å². The molecular formula is C21H22N2O6S2. The topological polar surface area (TPSA) is 119 Å². The Balaban J connectivity index is 1.64. The highest BCUT2D eigenvalue weighted by Gasteiger charge is 2.23. The molecule has 1 heterocycles. The standard InChI is InChI=1S/C21H22N2O6S2/c1-13-11-20(25)23-17-12-16(7-8-18(17)30-13)31(27,28)10-9-19(24)22-15-5-3-14(4-6-15)21(26)29-2/h3-8,12-13H,9-11H2,1-2H3,(H,22,24)(H,23,25)/t13-/m1/s1. The number of nitrogens with one attached hydrogen (secondary N) is 2. The van der Waals surface area contributed by atoms with Crippen molar-refractivity contribution in [2.45, 2.75) is 34.8 Å². The fourth-order valence-corrected chi connectivity index (χ4v) is 5.31. The molecule has 31 heavy (non-hydrogen) atoms. The van der Waals surface area contributed by atoms with Crippen molar-refractivity contribution in [3.63, 3.8) is 0 Å². The predicted molar refractivity (Wildman–Crippen MR) is 118 cm³/mol. The molecule has 0 unspecified atom stereocenters. The molecule has 8 nitrogen and oxygen atoms in total. The molecule has 2 aromatic rings. The number of carbonyl (C=O) groups excluding carboxylic acids is 3. The van der Waals surface area contributed by atoms with Gasteiger partial charge in [-0.05, 0) is 42.5 Å². The van der Waals surface area contributed by atoms with Gasteiger partial charge in [0.1, 0.15) is 0 Å². The Morgan fingerprint density at radius 3 is 2.58 bits per heavy atom. The summed E-state index contributed by atoms with van der Waals surface area (Å²) in [6.07, 6.45) is 0.110. The van der Waals surface area contributed by atoms with Crippen LogP contribution in [0.1, 0.15) is 30.1 Å². The molecule has 3 rings (SSSR count). The molecule has 2 N–H and O–H groups in total. The monoisotopic (exact) mass is 462 g/mol. The van der Waals surface area contributed by atoms with Crippen LogP contribution >= 0.6 is 11.8 Å². The second-order valence-corrected chi connectivity index (χ2v) is 10.6. The summed E-state index contributed by atoms with van der Waals surface area (Å²) >= 11 is 1.51. The number of anilines is 2. The number of hydrogen-bond acceptors (Lipinski definition) is 7. The highest BCUT2D eigenvalue weighted by Crippen LogP contribution is 2.36. The van der Waals surface area contributed by atoms with Crippen LogP contribution in [0.15, 0.2) is 52.3 Å². The number of amides is 2. The smallest absolute Gasteiger partial charge is 0.337 e. The van der Waals surface area contributed by atoms with Crippen LogP contribution in [0.5, 0.6) is 0 Å². The van der Waals surface area contributed by atoms with Gasteiger partial charge in [0.05, 0.1) is 29.0 Å². The Bertz CT molecular complexity index is 1110. The minimum Gasteiger partial charge on any atom is -0.465 e. The first-order valence-corrected chi connectivity index (χ1v) is 12.0. The van der Waals surface area contributed by atoms with Crippen molar-refractivity contribution in [1.29, 1.82) is 0 Å². The summed E-state index contributed by atoms with van der Waals surface area (Å²) in [6.45, 7) is 1.94. The number of sulfone groups is 1. The number of rotatable bonds is 6. The van der Waals surface area contributed by atoms with E-state index < -0.39 is 21.7 Å². The van der Waals surface area contributed by atoms with Crippen molar-refractivity contribution in [2.24, 2.45) is 0 Å². The molecular weight excluding hydrogens is 440 g/mol. The first kappa shape index (κ1) is 22.8. The highest BCUT2D eigenvalue weighted by atomic mass is 32.2. The molecule has 0 spiro atoms. The van der Waals surface area contributed by atoms with Gasteiger partial charge in [-0.2, -0.15) is 0 Å². The maximum Gasteiger partial charge on any atom is 0.337 e. The summed E-state index contributed by atoms with van der Waals surface area (Å²) in [6, 6.07) is 10.7. The number of thioether (sulfide) groups is 1. The van der Waals surface area contributed by atoms with E-state index in [1.807, 2.05) is 6.92 Å². The number of carbonyl (C=O) groups is 3. The summed E-state index contributed by atoms with van der Waals surface area (Å²) in [4.78, 5) is 36.4. The predicted octanol–water partition coefficient (Wildman–Crippen LogP) is 3.10. The van der Waals surface area contributed by atoms with Crippen LogP contribution < -0.4 is 10.6 Å². The summed E-state index contributed by atoms with van der Waals surface area (Å²) in [7, 11) is -2.45. The maximum absolute atomic E-state index is 12.7. The van der Waals surface area contributed by atoms with Gasteiger partial charge in [-0.3, -0.25) is 9.59 Å².